The zero-order valence-electron chi connectivity index (χ0n) is 12.4. The number of rotatable bonds is 6. The van der Waals surface area contributed by atoms with Crippen molar-refractivity contribution in [3.63, 3.8) is 0 Å². The fourth-order valence-corrected chi connectivity index (χ4v) is 2.24. The molecule has 110 valence electrons. The number of nitrogens with two attached hydrogens (primary N) is 1. The Bertz CT molecular complexity index is 510. The highest BCUT2D eigenvalue weighted by molar-refractivity contribution is 5.76. The van der Waals surface area contributed by atoms with Gasteiger partial charge in [-0.3, -0.25) is 4.79 Å². The molecule has 0 bridgehead atoms. The van der Waals surface area contributed by atoms with Crippen molar-refractivity contribution in [3.05, 3.63) is 71.8 Å². The average Bonchev–Trinajstić information content (AvgIpc) is 2.48. The van der Waals surface area contributed by atoms with Gasteiger partial charge in [0.05, 0.1) is 0 Å². The molecule has 0 radical (unpaired) electrons. The molecule has 2 aromatic carbocycles. The summed E-state index contributed by atoms with van der Waals surface area (Å²) in [6.45, 7) is 3.09. The predicted molar refractivity (Wildman–Crippen MR) is 85.4 cm³/mol. The minimum atomic E-state index is -0.119. The number of hydrogen-bond acceptors (Lipinski definition) is 2. The third kappa shape index (κ3) is 5.04. The predicted octanol–water partition coefficient (Wildman–Crippen LogP) is 2.95. The first-order valence-electron chi connectivity index (χ1n) is 7.26. The highest BCUT2D eigenvalue weighted by Crippen LogP contribution is 2.12. The summed E-state index contributed by atoms with van der Waals surface area (Å²) in [7, 11) is 0. The second-order valence-corrected chi connectivity index (χ2v) is 5.40. The summed E-state index contributed by atoms with van der Waals surface area (Å²) in [6.07, 6.45) is 0.375. The first-order chi connectivity index (χ1) is 10.1. The molecule has 0 aliphatic rings. The third-order valence-corrected chi connectivity index (χ3v) is 3.28. The molecule has 0 saturated carbocycles. The average molecular weight is 282 g/mol. The molecule has 0 spiro atoms. The van der Waals surface area contributed by atoms with Gasteiger partial charge in [-0.05, 0) is 18.1 Å². The molecule has 2 N–H and O–H groups in total. The molecule has 2 rings (SSSR count). The number of hydrogen-bond donors (Lipinski definition) is 1. The molecule has 0 fully saturated rings. The van der Waals surface area contributed by atoms with Gasteiger partial charge in [0.25, 0.3) is 0 Å². The van der Waals surface area contributed by atoms with E-state index in [0.717, 1.165) is 11.1 Å². The van der Waals surface area contributed by atoms with Crippen molar-refractivity contribution < 1.29 is 4.79 Å². The van der Waals surface area contributed by atoms with Crippen LogP contribution in [0.4, 0.5) is 0 Å². The molecule has 21 heavy (non-hydrogen) atoms. The minimum absolute atomic E-state index is 0.0951. The van der Waals surface area contributed by atoms with Gasteiger partial charge in [-0.2, -0.15) is 0 Å². The number of amides is 1. The van der Waals surface area contributed by atoms with Crippen LogP contribution in [0.5, 0.6) is 0 Å². The maximum Gasteiger partial charge on any atom is 0.224 e. The molecule has 1 unspecified atom stereocenters. The molecule has 0 aliphatic heterocycles. The topological polar surface area (TPSA) is 46.3 Å². The van der Waals surface area contributed by atoms with Gasteiger partial charge in [0.15, 0.2) is 0 Å². The lowest BCUT2D eigenvalue weighted by Gasteiger charge is -2.24. The molecular formula is C18H22N2O. The van der Waals surface area contributed by atoms with Gasteiger partial charge in [-0.1, -0.05) is 60.7 Å². The Morgan fingerprint density at radius 1 is 0.952 bits per heavy atom. The molecule has 0 saturated heterocycles. The lowest BCUT2D eigenvalue weighted by atomic mass is 10.1. The van der Waals surface area contributed by atoms with Crippen LogP contribution < -0.4 is 5.73 Å². The van der Waals surface area contributed by atoms with Gasteiger partial charge in [0.2, 0.25) is 5.91 Å². The molecule has 0 aliphatic carbocycles. The number of carbonyl (C=O) groups is 1. The van der Waals surface area contributed by atoms with Gasteiger partial charge in [-0.25, -0.2) is 0 Å². The van der Waals surface area contributed by atoms with Crippen molar-refractivity contribution in [2.75, 3.05) is 0 Å². The Balaban J connectivity index is 2.12. The van der Waals surface area contributed by atoms with Crippen LogP contribution in [-0.2, 0) is 17.9 Å². The van der Waals surface area contributed by atoms with Crippen LogP contribution >= 0.6 is 0 Å². The van der Waals surface area contributed by atoms with E-state index in [9.17, 15) is 4.79 Å². The van der Waals surface area contributed by atoms with Crippen molar-refractivity contribution in [2.24, 2.45) is 5.73 Å². The van der Waals surface area contributed by atoms with E-state index < -0.39 is 0 Å². The van der Waals surface area contributed by atoms with E-state index in [4.69, 9.17) is 5.73 Å². The van der Waals surface area contributed by atoms with Crippen molar-refractivity contribution in [1.82, 2.24) is 4.90 Å². The molecule has 3 nitrogen and oxygen atoms in total. The molecular weight excluding hydrogens is 260 g/mol. The standard InChI is InChI=1S/C18H22N2O/c1-15(19)12-18(21)20(13-16-8-4-2-5-9-16)14-17-10-6-3-7-11-17/h2-11,15H,12-14,19H2,1H3. The summed E-state index contributed by atoms with van der Waals surface area (Å²) in [5, 5.41) is 0. The first kappa shape index (κ1) is 15.3. The minimum Gasteiger partial charge on any atom is -0.334 e. The second kappa shape index (κ2) is 7.60. The lowest BCUT2D eigenvalue weighted by Crippen LogP contribution is -2.34. The Morgan fingerprint density at radius 2 is 1.38 bits per heavy atom. The molecule has 1 amide bonds. The smallest absolute Gasteiger partial charge is 0.224 e. The van der Waals surface area contributed by atoms with Crippen LogP contribution in [0.3, 0.4) is 0 Å². The van der Waals surface area contributed by atoms with Crippen LogP contribution in [0.2, 0.25) is 0 Å². The van der Waals surface area contributed by atoms with Crippen molar-refractivity contribution in [1.29, 1.82) is 0 Å². The van der Waals surface area contributed by atoms with E-state index in [-0.39, 0.29) is 11.9 Å². The zero-order chi connectivity index (χ0) is 15.1. The summed E-state index contributed by atoms with van der Waals surface area (Å²) < 4.78 is 0. The highest BCUT2D eigenvalue weighted by Gasteiger charge is 2.15. The van der Waals surface area contributed by atoms with Gasteiger partial charge in [-0.15, -0.1) is 0 Å². The Labute approximate surface area is 126 Å². The fourth-order valence-electron chi connectivity index (χ4n) is 2.24. The SMILES string of the molecule is CC(N)CC(=O)N(Cc1ccccc1)Cc1ccccc1. The summed E-state index contributed by atoms with van der Waals surface area (Å²) in [5.74, 6) is 0.0951. The van der Waals surface area contributed by atoms with Crippen LogP contribution in [-0.4, -0.2) is 16.8 Å². The molecule has 0 aromatic heterocycles. The maximum atomic E-state index is 12.4. The van der Waals surface area contributed by atoms with Crippen molar-refractivity contribution >= 4 is 5.91 Å². The summed E-state index contributed by atoms with van der Waals surface area (Å²) in [4.78, 5) is 14.3. The van der Waals surface area contributed by atoms with Gasteiger partial charge in [0, 0.05) is 25.6 Å². The first-order valence-corrected chi connectivity index (χ1v) is 7.26. The highest BCUT2D eigenvalue weighted by atomic mass is 16.2. The monoisotopic (exact) mass is 282 g/mol. The second-order valence-electron chi connectivity index (χ2n) is 5.40. The summed E-state index contributed by atoms with van der Waals surface area (Å²) >= 11 is 0. The number of nitrogens with zero attached hydrogens (tertiary/aromatic N) is 1. The lowest BCUT2D eigenvalue weighted by molar-refractivity contribution is -0.132. The number of carbonyl (C=O) groups excluding carboxylic acids is 1. The zero-order valence-corrected chi connectivity index (χ0v) is 12.4. The van der Waals surface area contributed by atoms with E-state index >= 15 is 0 Å². The normalized spacial score (nSPS) is 11.9. The molecule has 2 aromatic rings. The third-order valence-electron chi connectivity index (χ3n) is 3.28. The summed E-state index contributed by atoms with van der Waals surface area (Å²) in [6, 6.07) is 20.0. The van der Waals surface area contributed by atoms with E-state index in [0.29, 0.717) is 19.5 Å². The van der Waals surface area contributed by atoms with Crippen LogP contribution in [0.1, 0.15) is 24.5 Å². The van der Waals surface area contributed by atoms with E-state index in [1.807, 2.05) is 72.5 Å². The Kier molecular flexibility index (Phi) is 5.52. The quantitative estimate of drug-likeness (QED) is 0.885. The Hall–Kier alpha value is -2.13. The maximum absolute atomic E-state index is 12.4. The molecule has 1 atom stereocenters. The number of benzene rings is 2. The van der Waals surface area contributed by atoms with E-state index in [1.54, 1.807) is 0 Å². The van der Waals surface area contributed by atoms with Crippen LogP contribution in [0.15, 0.2) is 60.7 Å². The largest absolute Gasteiger partial charge is 0.334 e. The van der Waals surface area contributed by atoms with Crippen molar-refractivity contribution in [3.8, 4) is 0 Å². The van der Waals surface area contributed by atoms with Gasteiger partial charge < -0.3 is 10.6 Å². The van der Waals surface area contributed by atoms with Gasteiger partial charge >= 0.3 is 0 Å². The van der Waals surface area contributed by atoms with Crippen molar-refractivity contribution in [2.45, 2.75) is 32.5 Å². The Morgan fingerprint density at radius 3 is 1.76 bits per heavy atom. The van der Waals surface area contributed by atoms with E-state index in [2.05, 4.69) is 0 Å². The molecule has 3 heteroatoms. The van der Waals surface area contributed by atoms with E-state index in [1.165, 1.54) is 0 Å². The fraction of sp³-hybridized carbons (Fsp3) is 0.278. The van der Waals surface area contributed by atoms with Crippen LogP contribution in [0.25, 0.3) is 0 Å². The summed E-state index contributed by atoms with van der Waals surface area (Å²) in [5.41, 5.74) is 8.03. The van der Waals surface area contributed by atoms with Gasteiger partial charge in [0.1, 0.15) is 0 Å². The molecule has 0 heterocycles. The van der Waals surface area contributed by atoms with Crippen LogP contribution in [0, 0.1) is 0 Å².